The van der Waals surface area contributed by atoms with Crippen LogP contribution in [0.5, 0.6) is 5.75 Å². The van der Waals surface area contributed by atoms with Crippen LogP contribution in [-0.2, 0) is 25.5 Å². The predicted molar refractivity (Wildman–Crippen MR) is 178 cm³/mol. The van der Waals surface area contributed by atoms with E-state index in [0.29, 0.717) is 57.2 Å². The largest absolute Gasteiger partial charge is 0.494 e. The summed E-state index contributed by atoms with van der Waals surface area (Å²) in [6.45, 7) is 6.83. The number of benzene rings is 2. The van der Waals surface area contributed by atoms with Gasteiger partial charge in [0.05, 0.1) is 30.4 Å². The van der Waals surface area contributed by atoms with Gasteiger partial charge in [0, 0.05) is 13.0 Å². The monoisotopic (exact) mass is 650 g/mol. The van der Waals surface area contributed by atoms with Gasteiger partial charge in [-0.25, -0.2) is 4.79 Å². The molecule has 2 aliphatic heterocycles. The Kier molecular flexibility index (Phi) is 13.2. The highest BCUT2D eigenvalue weighted by Gasteiger charge is 2.43. The van der Waals surface area contributed by atoms with Gasteiger partial charge in [-0.05, 0) is 81.7 Å². The summed E-state index contributed by atoms with van der Waals surface area (Å²) >= 11 is 0. The maximum Gasteiger partial charge on any atom is 0.338 e. The minimum Gasteiger partial charge on any atom is -0.494 e. The van der Waals surface area contributed by atoms with E-state index in [1.165, 1.54) is 0 Å². The highest BCUT2D eigenvalue weighted by molar-refractivity contribution is 5.95. The van der Waals surface area contributed by atoms with Crippen LogP contribution >= 0.6 is 0 Å². The number of rotatable bonds is 13. The molecule has 5 atom stereocenters. The van der Waals surface area contributed by atoms with Gasteiger partial charge in [0.15, 0.2) is 0 Å². The van der Waals surface area contributed by atoms with Crippen LogP contribution in [-0.4, -0.2) is 83.3 Å². The standard InChI is InChI=1S/C36H50N4O7/c1-4-6-22-46-27-19-17-25(18-20-27)24-29-33(43)40-21-12-16-30(40)32(42)37-28(31(41)39-36(3,5-2)35(45)38-29)15-10-11-23-47-34(44)26-13-8-7-9-14-26/h7-9,13-14,17-20,28-31,39,41H,4-6,10-12,15-16,21-24H2,1-3H3,(H,37,42)(H,38,45)/t28-,29-,30+,31?,36-/m0/s1. The maximum atomic E-state index is 14.0. The van der Waals surface area contributed by atoms with Crippen LogP contribution < -0.4 is 20.7 Å². The molecule has 2 aromatic rings. The van der Waals surface area contributed by atoms with E-state index in [2.05, 4.69) is 22.9 Å². The molecule has 11 heteroatoms. The highest BCUT2D eigenvalue weighted by Crippen LogP contribution is 2.23. The minimum atomic E-state index is -1.25. The van der Waals surface area contributed by atoms with Crippen LogP contribution in [0.1, 0.15) is 88.1 Å². The number of nitrogens with zero attached hydrogens (tertiary/aromatic N) is 1. The summed E-state index contributed by atoms with van der Waals surface area (Å²) in [4.78, 5) is 55.3. The smallest absolute Gasteiger partial charge is 0.338 e. The van der Waals surface area contributed by atoms with Crippen LogP contribution in [0.15, 0.2) is 54.6 Å². The normalized spacial score (nSPS) is 25.2. The molecule has 4 N–H and O–H groups in total. The molecular formula is C36H50N4O7. The van der Waals surface area contributed by atoms with E-state index in [1.54, 1.807) is 36.1 Å². The van der Waals surface area contributed by atoms with Crippen LogP contribution in [0.2, 0.25) is 0 Å². The van der Waals surface area contributed by atoms with E-state index >= 15 is 0 Å². The number of hydrogen-bond donors (Lipinski definition) is 4. The third kappa shape index (κ3) is 9.77. The predicted octanol–water partition coefficient (Wildman–Crippen LogP) is 3.49. The van der Waals surface area contributed by atoms with Gasteiger partial charge in [-0.2, -0.15) is 0 Å². The van der Waals surface area contributed by atoms with Gasteiger partial charge in [0.2, 0.25) is 17.7 Å². The van der Waals surface area contributed by atoms with Gasteiger partial charge in [-0.15, -0.1) is 0 Å². The van der Waals surface area contributed by atoms with Crippen molar-refractivity contribution in [3.05, 3.63) is 65.7 Å². The molecule has 4 rings (SSSR count). The molecule has 256 valence electrons. The van der Waals surface area contributed by atoms with Gasteiger partial charge < -0.3 is 30.1 Å². The van der Waals surface area contributed by atoms with E-state index < -0.39 is 41.8 Å². The fourth-order valence-electron chi connectivity index (χ4n) is 5.94. The van der Waals surface area contributed by atoms with E-state index in [1.807, 2.05) is 37.3 Å². The number of esters is 1. The van der Waals surface area contributed by atoms with Gasteiger partial charge >= 0.3 is 5.97 Å². The SMILES string of the molecule is CCCCOc1ccc(C[C@@H]2NC(=O)[C@](C)(CC)NC(O)[C@H](CCCCOC(=O)c3ccccc3)NC(=O)[C@H]3CCCN3C2=O)cc1. The molecule has 0 bridgehead atoms. The quantitative estimate of drug-likeness (QED) is 0.191. The Morgan fingerprint density at radius 3 is 2.43 bits per heavy atom. The summed E-state index contributed by atoms with van der Waals surface area (Å²) < 4.78 is 11.2. The fourth-order valence-corrected chi connectivity index (χ4v) is 5.94. The number of hydrogen-bond acceptors (Lipinski definition) is 8. The molecular weight excluding hydrogens is 600 g/mol. The lowest BCUT2D eigenvalue weighted by molar-refractivity contribution is -0.144. The second kappa shape index (κ2) is 17.3. The van der Waals surface area contributed by atoms with E-state index in [0.717, 1.165) is 24.2 Å². The van der Waals surface area contributed by atoms with Crippen molar-refractivity contribution in [1.82, 2.24) is 20.9 Å². The number of aliphatic hydroxyl groups is 1. The van der Waals surface area contributed by atoms with Crippen LogP contribution in [0.3, 0.4) is 0 Å². The maximum absolute atomic E-state index is 14.0. The van der Waals surface area contributed by atoms with Crippen molar-refractivity contribution in [3.8, 4) is 5.75 Å². The number of amides is 3. The Labute approximate surface area is 277 Å². The summed E-state index contributed by atoms with van der Waals surface area (Å²) in [5.74, 6) is -0.725. The van der Waals surface area contributed by atoms with Gasteiger partial charge in [-0.1, -0.05) is 50.6 Å². The third-order valence-corrected chi connectivity index (χ3v) is 9.11. The van der Waals surface area contributed by atoms with Crippen LogP contribution in [0, 0.1) is 0 Å². The number of aliphatic hydroxyl groups excluding tert-OH is 1. The van der Waals surface area contributed by atoms with Gasteiger partial charge in [-0.3, -0.25) is 19.7 Å². The number of unbranched alkanes of at least 4 members (excludes halogenated alkanes) is 2. The minimum absolute atomic E-state index is 0.188. The van der Waals surface area contributed by atoms with Crippen LogP contribution in [0.4, 0.5) is 0 Å². The molecule has 0 spiro atoms. The lowest BCUT2D eigenvalue weighted by Gasteiger charge is -2.38. The van der Waals surface area contributed by atoms with Crippen molar-refractivity contribution in [1.29, 1.82) is 0 Å². The zero-order chi connectivity index (χ0) is 33.8. The molecule has 2 saturated heterocycles. The first-order valence-corrected chi connectivity index (χ1v) is 17.0. The van der Waals surface area contributed by atoms with Gasteiger partial charge in [0.1, 0.15) is 24.1 Å². The Bertz CT molecular complexity index is 1340. The molecule has 0 aromatic heterocycles. The van der Waals surface area contributed by atoms with E-state index in [9.17, 15) is 24.3 Å². The summed E-state index contributed by atoms with van der Waals surface area (Å²) in [5, 5.41) is 20.4. The molecule has 0 aliphatic carbocycles. The molecule has 1 unspecified atom stereocenters. The van der Waals surface area contributed by atoms with Crippen LogP contribution in [0.25, 0.3) is 0 Å². The van der Waals surface area contributed by atoms with Crippen molar-refractivity contribution >= 4 is 23.7 Å². The topological polar surface area (TPSA) is 146 Å². The zero-order valence-corrected chi connectivity index (χ0v) is 27.8. The summed E-state index contributed by atoms with van der Waals surface area (Å²) in [5.41, 5.74) is 0.0886. The van der Waals surface area contributed by atoms with E-state index in [4.69, 9.17) is 9.47 Å². The fraction of sp³-hybridized carbons (Fsp3) is 0.556. The molecule has 11 nitrogen and oxygen atoms in total. The van der Waals surface area contributed by atoms with Crippen molar-refractivity contribution in [2.24, 2.45) is 0 Å². The Hall–Kier alpha value is -3.96. The zero-order valence-electron chi connectivity index (χ0n) is 27.8. The Balaban J connectivity index is 1.46. The summed E-state index contributed by atoms with van der Waals surface area (Å²) in [7, 11) is 0. The molecule has 0 radical (unpaired) electrons. The second-order valence-corrected chi connectivity index (χ2v) is 12.7. The first-order chi connectivity index (χ1) is 22.6. The number of carbonyl (C=O) groups excluding carboxylic acids is 4. The molecule has 2 fully saturated rings. The average Bonchev–Trinajstić information content (AvgIpc) is 3.58. The highest BCUT2D eigenvalue weighted by atomic mass is 16.5. The first-order valence-electron chi connectivity index (χ1n) is 17.0. The molecule has 47 heavy (non-hydrogen) atoms. The number of nitrogens with one attached hydrogen (secondary N) is 3. The molecule has 2 aliphatic rings. The lowest BCUT2D eigenvalue weighted by Crippen LogP contribution is -2.66. The van der Waals surface area contributed by atoms with Crippen molar-refractivity contribution in [2.45, 2.75) is 108 Å². The second-order valence-electron chi connectivity index (χ2n) is 12.7. The summed E-state index contributed by atoms with van der Waals surface area (Å²) in [6.07, 6.45) is 3.88. The van der Waals surface area contributed by atoms with Crippen molar-refractivity contribution < 1.29 is 33.8 Å². The Morgan fingerprint density at radius 2 is 1.72 bits per heavy atom. The summed E-state index contributed by atoms with van der Waals surface area (Å²) in [6, 6.07) is 13.9. The number of fused-ring (bicyclic) bond motifs is 1. The van der Waals surface area contributed by atoms with E-state index in [-0.39, 0.29) is 24.8 Å². The molecule has 2 aromatic carbocycles. The molecule has 2 heterocycles. The first kappa shape index (κ1) is 35.9. The Morgan fingerprint density at radius 1 is 0.979 bits per heavy atom. The van der Waals surface area contributed by atoms with Crippen molar-refractivity contribution in [2.75, 3.05) is 19.8 Å². The number of ether oxygens (including phenoxy) is 2. The lowest BCUT2D eigenvalue weighted by atomic mass is 9.94. The van der Waals surface area contributed by atoms with Gasteiger partial charge in [0.25, 0.3) is 0 Å². The third-order valence-electron chi connectivity index (χ3n) is 9.11. The molecule has 0 saturated carbocycles. The average molecular weight is 651 g/mol. The molecule has 3 amide bonds. The van der Waals surface area contributed by atoms with Crippen molar-refractivity contribution in [3.63, 3.8) is 0 Å². The number of carbonyl (C=O) groups is 4.